The van der Waals surface area contributed by atoms with E-state index in [2.05, 4.69) is 4.72 Å². The number of nitrogens with zero attached hydrogens (tertiary/aromatic N) is 1. The summed E-state index contributed by atoms with van der Waals surface area (Å²) in [6.07, 6.45) is 1.39. The lowest BCUT2D eigenvalue weighted by Gasteiger charge is -2.16. The number of benzene rings is 3. The fourth-order valence-electron chi connectivity index (χ4n) is 3.39. The summed E-state index contributed by atoms with van der Waals surface area (Å²) in [7, 11) is -6.69. The fourth-order valence-corrected chi connectivity index (χ4v) is 5.44. The first-order valence-electron chi connectivity index (χ1n) is 10.1. The van der Waals surface area contributed by atoms with Crippen LogP contribution in [0.5, 0.6) is 0 Å². The molecule has 176 valence electrons. The van der Waals surface area contributed by atoms with Crippen molar-refractivity contribution in [2.75, 3.05) is 18.1 Å². The van der Waals surface area contributed by atoms with Crippen LogP contribution in [-0.2, 0) is 31.0 Å². The van der Waals surface area contributed by atoms with Crippen molar-refractivity contribution < 1.29 is 26.4 Å². The van der Waals surface area contributed by atoms with Gasteiger partial charge in [0.1, 0.15) is 0 Å². The number of nitriles is 1. The standard InChI is InChI=1S/C24H22N2O6S2/c1-4-17-8-9-19(24(27)32-2)13-23(17)34(30,31)26-22-14-20(33(3,28)29)10-11-21(22)18-7-5-6-16(12-18)15-25/h5-14,26H,4H2,1-3H3. The van der Waals surface area contributed by atoms with Gasteiger partial charge in [-0.05, 0) is 53.9 Å². The van der Waals surface area contributed by atoms with Gasteiger partial charge >= 0.3 is 5.97 Å². The van der Waals surface area contributed by atoms with Crippen LogP contribution in [0.25, 0.3) is 11.1 Å². The monoisotopic (exact) mass is 498 g/mol. The minimum atomic E-state index is -4.25. The number of ether oxygens (including phenoxy) is 1. The molecule has 0 fully saturated rings. The van der Waals surface area contributed by atoms with Gasteiger partial charge in [0.05, 0.1) is 39.8 Å². The second-order valence-electron chi connectivity index (χ2n) is 7.45. The number of hydrogen-bond acceptors (Lipinski definition) is 7. The molecule has 0 amide bonds. The third-order valence-corrected chi connectivity index (χ3v) is 7.68. The second-order valence-corrected chi connectivity index (χ2v) is 11.1. The van der Waals surface area contributed by atoms with Gasteiger partial charge in [-0.15, -0.1) is 0 Å². The summed E-state index contributed by atoms with van der Waals surface area (Å²) in [6.45, 7) is 1.77. The molecule has 0 saturated heterocycles. The van der Waals surface area contributed by atoms with Crippen LogP contribution in [0.4, 0.5) is 5.69 Å². The second kappa shape index (κ2) is 9.67. The highest BCUT2D eigenvalue weighted by Crippen LogP contribution is 2.33. The van der Waals surface area contributed by atoms with E-state index in [1.54, 1.807) is 31.2 Å². The van der Waals surface area contributed by atoms with Gasteiger partial charge in [0.25, 0.3) is 10.0 Å². The number of nitrogens with one attached hydrogen (secondary N) is 1. The number of esters is 1. The minimum absolute atomic E-state index is 0.0172. The van der Waals surface area contributed by atoms with Crippen LogP contribution < -0.4 is 4.72 Å². The van der Waals surface area contributed by atoms with E-state index in [4.69, 9.17) is 4.74 Å². The predicted octanol–water partition coefficient (Wildman–Crippen LogP) is 3.78. The zero-order valence-electron chi connectivity index (χ0n) is 18.7. The molecule has 0 bridgehead atoms. The van der Waals surface area contributed by atoms with Crippen LogP contribution in [0.15, 0.2) is 70.5 Å². The Bertz CT molecular complexity index is 1520. The van der Waals surface area contributed by atoms with Gasteiger partial charge in [0.15, 0.2) is 9.84 Å². The van der Waals surface area contributed by atoms with E-state index in [0.717, 1.165) is 6.26 Å². The molecule has 3 rings (SSSR count). The quantitative estimate of drug-likeness (QED) is 0.491. The van der Waals surface area contributed by atoms with Gasteiger partial charge in [-0.25, -0.2) is 21.6 Å². The van der Waals surface area contributed by atoms with Gasteiger partial charge < -0.3 is 4.74 Å². The summed E-state index contributed by atoms with van der Waals surface area (Å²) < 4.78 is 58.4. The maximum atomic E-state index is 13.4. The largest absolute Gasteiger partial charge is 0.465 e. The van der Waals surface area contributed by atoms with E-state index in [-0.39, 0.29) is 21.0 Å². The van der Waals surface area contributed by atoms with Crippen molar-refractivity contribution in [1.29, 1.82) is 5.26 Å². The average molecular weight is 499 g/mol. The molecular weight excluding hydrogens is 476 g/mol. The molecule has 0 aliphatic carbocycles. The summed E-state index contributed by atoms with van der Waals surface area (Å²) in [6, 6.07) is 16.9. The molecule has 8 nitrogen and oxygen atoms in total. The first-order chi connectivity index (χ1) is 16.0. The lowest BCUT2D eigenvalue weighted by Crippen LogP contribution is -2.17. The molecule has 0 aliphatic rings. The van der Waals surface area contributed by atoms with Gasteiger partial charge in [0.2, 0.25) is 0 Å². The molecule has 0 unspecified atom stereocenters. The van der Waals surface area contributed by atoms with Crippen molar-refractivity contribution in [2.45, 2.75) is 23.1 Å². The van der Waals surface area contributed by atoms with E-state index in [9.17, 15) is 26.9 Å². The van der Waals surface area contributed by atoms with Gasteiger partial charge in [-0.3, -0.25) is 4.72 Å². The van der Waals surface area contributed by atoms with Gasteiger partial charge in [0, 0.05) is 11.8 Å². The molecule has 0 aliphatic heterocycles. The van der Waals surface area contributed by atoms with E-state index in [1.807, 2.05) is 6.07 Å². The van der Waals surface area contributed by atoms with Crippen LogP contribution in [0, 0.1) is 11.3 Å². The Morgan fingerprint density at radius 2 is 1.76 bits per heavy atom. The summed E-state index contributed by atoms with van der Waals surface area (Å²) in [5.41, 5.74) is 1.81. The van der Waals surface area contributed by atoms with Gasteiger partial charge in [-0.2, -0.15) is 5.26 Å². The zero-order valence-corrected chi connectivity index (χ0v) is 20.3. The number of sulfonamides is 1. The summed E-state index contributed by atoms with van der Waals surface area (Å²) in [5, 5.41) is 9.23. The summed E-state index contributed by atoms with van der Waals surface area (Å²) in [4.78, 5) is 11.8. The molecular formula is C24H22N2O6S2. The molecule has 0 saturated carbocycles. The molecule has 3 aromatic carbocycles. The first kappa shape index (κ1) is 25.0. The SMILES string of the molecule is CCc1ccc(C(=O)OC)cc1S(=O)(=O)Nc1cc(S(C)(=O)=O)ccc1-c1cccc(C#N)c1. The highest BCUT2D eigenvalue weighted by atomic mass is 32.2. The van der Waals surface area contributed by atoms with Crippen LogP contribution in [0.1, 0.15) is 28.4 Å². The Morgan fingerprint density at radius 3 is 2.38 bits per heavy atom. The Balaban J connectivity index is 2.21. The van der Waals surface area contributed by atoms with Crippen LogP contribution >= 0.6 is 0 Å². The lowest BCUT2D eigenvalue weighted by molar-refractivity contribution is 0.0600. The molecule has 0 heterocycles. The van der Waals surface area contributed by atoms with Crippen molar-refractivity contribution in [3.63, 3.8) is 0 Å². The third-order valence-electron chi connectivity index (χ3n) is 5.12. The topological polar surface area (TPSA) is 130 Å². The molecule has 0 spiro atoms. The van der Waals surface area contributed by atoms with Crippen molar-refractivity contribution >= 4 is 31.5 Å². The molecule has 3 aromatic rings. The number of anilines is 1. The fraction of sp³-hybridized carbons (Fsp3) is 0.167. The molecule has 0 radical (unpaired) electrons. The van der Waals surface area contributed by atoms with Crippen molar-refractivity contribution in [1.82, 2.24) is 0 Å². The Kier molecular flexibility index (Phi) is 7.09. The maximum absolute atomic E-state index is 13.4. The maximum Gasteiger partial charge on any atom is 0.337 e. The van der Waals surface area contributed by atoms with Crippen molar-refractivity contribution in [3.8, 4) is 17.2 Å². The number of sulfone groups is 1. The smallest absolute Gasteiger partial charge is 0.337 e. The number of hydrogen-bond donors (Lipinski definition) is 1. The average Bonchev–Trinajstić information content (AvgIpc) is 2.82. The van der Waals surface area contributed by atoms with Crippen molar-refractivity contribution in [2.24, 2.45) is 0 Å². The summed E-state index contributed by atoms with van der Waals surface area (Å²) >= 11 is 0. The molecule has 1 N–H and O–H groups in total. The molecule has 34 heavy (non-hydrogen) atoms. The highest BCUT2D eigenvalue weighted by molar-refractivity contribution is 7.92. The van der Waals surface area contributed by atoms with Crippen molar-refractivity contribution in [3.05, 3.63) is 77.4 Å². The van der Waals surface area contributed by atoms with Crippen LogP contribution in [0.3, 0.4) is 0 Å². The Hall–Kier alpha value is -3.68. The zero-order chi connectivity index (χ0) is 25.1. The third kappa shape index (κ3) is 5.27. The summed E-state index contributed by atoms with van der Waals surface area (Å²) in [5.74, 6) is -0.688. The first-order valence-corrected chi connectivity index (χ1v) is 13.5. The molecule has 10 heteroatoms. The number of carbonyl (C=O) groups excluding carboxylic acids is 1. The molecule has 0 atom stereocenters. The highest BCUT2D eigenvalue weighted by Gasteiger charge is 2.23. The van der Waals surface area contributed by atoms with Crippen LogP contribution in [-0.4, -0.2) is 36.2 Å². The van der Waals surface area contributed by atoms with Gasteiger partial charge in [-0.1, -0.05) is 31.2 Å². The van der Waals surface area contributed by atoms with E-state index in [1.165, 1.54) is 43.5 Å². The van der Waals surface area contributed by atoms with E-state index in [0.29, 0.717) is 28.7 Å². The lowest BCUT2D eigenvalue weighted by atomic mass is 10.0. The number of carbonyl (C=O) groups is 1. The number of methoxy groups -OCH3 is 1. The molecule has 0 aromatic heterocycles. The van der Waals surface area contributed by atoms with Crippen LogP contribution in [0.2, 0.25) is 0 Å². The Labute approximate surface area is 198 Å². The van der Waals surface area contributed by atoms with E-state index >= 15 is 0 Å². The minimum Gasteiger partial charge on any atom is -0.465 e. The van der Waals surface area contributed by atoms with E-state index < -0.39 is 25.8 Å². The normalized spacial score (nSPS) is 11.5. The number of rotatable bonds is 7. The Morgan fingerprint density at radius 1 is 1.03 bits per heavy atom. The number of aryl methyl sites for hydroxylation is 1. The predicted molar refractivity (Wildman–Crippen MR) is 128 cm³/mol.